The van der Waals surface area contributed by atoms with Gasteiger partial charge in [0.1, 0.15) is 11.5 Å². The lowest BCUT2D eigenvalue weighted by molar-refractivity contribution is 0.103. The van der Waals surface area contributed by atoms with E-state index in [4.69, 9.17) is 21.1 Å². The van der Waals surface area contributed by atoms with Crippen molar-refractivity contribution in [3.8, 4) is 11.5 Å². The summed E-state index contributed by atoms with van der Waals surface area (Å²) in [5.74, 6) is 0.528. The number of halogens is 1. The third kappa shape index (κ3) is 5.60. The standard InChI is InChI=1S/C16H19ClN2O5S2/c1-23-13-9-12(14(24-2)8-11(13)17)19-16(20)15-5-4-10(25-15)6-7-18-26(3,21)22/h4-5,8-9,18H,6-7H2,1-3H3,(H,19,20). The Hall–Kier alpha value is -1.81. The smallest absolute Gasteiger partial charge is 0.265 e. The minimum Gasteiger partial charge on any atom is -0.495 e. The third-order valence-electron chi connectivity index (χ3n) is 3.34. The van der Waals surface area contributed by atoms with E-state index in [-0.39, 0.29) is 12.5 Å². The molecule has 0 aliphatic heterocycles. The number of hydrogen-bond acceptors (Lipinski definition) is 6. The van der Waals surface area contributed by atoms with Gasteiger partial charge in [0.15, 0.2) is 0 Å². The monoisotopic (exact) mass is 418 g/mol. The molecule has 0 aliphatic rings. The Labute approximate surface area is 161 Å². The van der Waals surface area contributed by atoms with Crippen LogP contribution in [0.2, 0.25) is 5.02 Å². The lowest BCUT2D eigenvalue weighted by atomic mass is 10.2. The van der Waals surface area contributed by atoms with Crippen molar-refractivity contribution in [1.29, 1.82) is 0 Å². The van der Waals surface area contributed by atoms with Crippen LogP contribution in [0.3, 0.4) is 0 Å². The highest BCUT2D eigenvalue weighted by molar-refractivity contribution is 7.88. The van der Waals surface area contributed by atoms with Gasteiger partial charge in [-0.25, -0.2) is 13.1 Å². The predicted octanol–water partition coefficient (Wildman–Crippen LogP) is 2.76. The molecule has 0 bridgehead atoms. The summed E-state index contributed by atoms with van der Waals surface area (Å²) in [4.78, 5) is 13.9. The van der Waals surface area contributed by atoms with E-state index in [2.05, 4.69) is 10.0 Å². The number of amides is 1. The van der Waals surface area contributed by atoms with Crippen molar-refractivity contribution in [3.63, 3.8) is 0 Å². The lowest BCUT2D eigenvalue weighted by Crippen LogP contribution is -2.24. The van der Waals surface area contributed by atoms with Crippen LogP contribution >= 0.6 is 22.9 Å². The molecule has 0 saturated heterocycles. The Bertz CT molecular complexity index is 896. The molecule has 0 aliphatic carbocycles. The molecule has 1 heterocycles. The first-order valence-electron chi connectivity index (χ1n) is 7.49. The number of methoxy groups -OCH3 is 2. The number of hydrogen-bond donors (Lipinski definition) is 2. The molecule has 2 aromatic rings. The first-order valence-corrected chi connectivity index (χ1v) is 10.6. The number of anilines is 1. The summed E-state index contributed by atoms with van der Waals surface area (Å²) in [6.07, 6.45) is 1.61. The van der Waals surface area contributed by atoms with Gasteiger partial charge in [-0.2, -0.15) is 0 Å². The summed E-state index contributed by atoms with van der Waals surface area (Å²) in [6, 6.07) is 6.63. The zero-order valence-corrected chi connectivity index (χ0v) is 16.8. The highest BCUT2D eigenvalue weighted by Gasteiger charge is 2.15. The van der Waals surface area contributed by atoms with E-state index in [1.807, 2.05) is 0 Å². The zero-order chi connectivity index (χ0) is 19.3. The third-order valence-corrected chi connectivity index (χ3v) is 5.51. The summed E-state index contributed by atoms with van der Waals surface area (Å²) in [5.41, 5.74) is 0.437. The van der Waals surface area contributed by atoms with E-state index < -0.39 is 10.0 Å². The molecule has 142 valence electrons. The van der Waals surface area contributed by atoms with Gasteiger partial charge in [0.05, 0.1) is 36.1 Å². The largest absolute Gasteiger partial charge is 0.495 e. The molecule has 0 radical (unpaired) electrons. The van der Waals surface area contributed by atoms with E-state index in [0.29, 0.717) is 33.5 Å². The predicted molar refractivity (Wildman–Crippen MR) is 103 cm³/mol. The van der Waals surface area contributed by atoms with Crippen LogP contribution in [0.4, 0.5) is 5.69 Å². The molecule has 1 aromatic heterocycles. The molecule has 2 N–H and O–H groups in total. The van der Waals surface area contributed by atoms with Crippen LogP contribution in [0.15, 0.2) is 24.3 Å². The van der Waals surface area contributed by atoms with Crippen LogP contribution in [0.1, 0.15) is 14.5 Å². The molecule has 0 unspecified atom stereocenters. The van der Waals surface area contributed by atoms with Gasteiger partial charge in [0.25, 0.3) is 5.91 Å². The molecule has 1 aromatic carbocycles. The molecule has 10 heteroatoms. The Morgan fingerprint density at radius 3 is 2.50 bits per heavy atom. The topological polar surface area (TPSA) is 93.7 Å². The van der Waals surface area contributed by atoms with Gasteiger partial charge in [0.2, 0.25) is 10.0 Å². The summed E-state index contributed by atoms with van der Waals surface area (Å²) >= 11 is 7.35. The van der Waals surface area contributed by atoms with Crippen LogP contribution in [0, 0.1) is 0 Å². The average molecular weight is 419 g/mol. The minimum absolute atomic E-state index is 0.280. The maximum absolute atomic E-state index is 12.5. The van der Waals surface area contributed by atoms with Crippen LogP contribution in [-0.4, -0.2) is 41.3 Å². The van der Waals surface area contributed by atoms with Crippen LogP contribution < -0.4 is 19.5 Å². The minimum atomic E-state index is -3.22. The fraction of sp³-hybridized carbons (Fsp3) is 0.312. The maximum Gasteiger partial charge on any atom is 0.265 e. The normalized spacial score (nSPS) is 11.2. The second-order valence-corrected chi connectivity index (χ2v) is 8.73. The Balaban J connectivity index is 2.09. The number of benzene rings is 1. The molecule has 1 amide bonds. The van der Waals surface area contributed by atoms with E-state index in [1.54, 1.807) is 24.3 Å². The Morgan fingerprint density at radius 1 is 1.19 bits per heavy atom. The van der Waals surface area contributed by atoms with Gasteiger partial charge in [-0.3, -0.25) is 4.79 Å². The van der Waals surface area contributed by atoms with E-state index in [9.17, 15) is 13.2 Å². The highest BCUT2D eigenvalue weighted by Crippen LogP contribution is 2.36. The number of thiophene rings is 1. The first kappa shape index (κ1) is 20.5. The van der Waals surface area contributed by atoms with Gasteiger partial charge in [0, 0.05) is 23.6 Å². The SMILES string of the molecule is COc1cc(NC(=O)c2ccc(CCNS(C)(=O)=O)s2)c(OC)cc1Cl. The van der Waals surface area contributed by atoms with Crippen LogP contribution in [-0.2, 0) is 16.4 Å². The lowest BCUT2D eigenvalue weighted by Gasteiger charge is -2.12. The first-order chi connectivity index (χ1) is 12.2. The summed E-state index contributed by atoms with van der Waals surface area (Å²) in [5, 5.41) is 3.14. The fourth-order valence-corrected chi connectivity index (χ4v) is 3.74. The molecular weight excluding hydrogens is 400 g/mol. The number of nitrogens with one attached hydrogen (secondary N) is 2. The number of ether oxygens (including phenoxy) is 2. The molecule has 0 fully saturated rings. The molecule has 26 heavy (non-hydrogen) atoms. The van der Waals surface area contributed by atoms with Crippen molar-refractivity contribution in [2.24, 2.45) is 0 Å². The van der Waals surface area contributed by atoms with Gasteiger partial charge < -0.3 is 14.8 Å². The van der Waals surface area contributed by atoms with Crippen molar-refractivity contribution in [2.75, 3.05) is 32.3 Å². The van der Waals surface area contributed by atoms with E-state index in [0.717, 1.165) is 11.1 Å². The van der Waals surface area contributed by atoms with Gasteiger partial charge in [-0.1, -0.05) is 11.6 Å². The number of carbonyl (C=O) groups excluding carboxylic acids is 1. The number of rotatable bonds is 8. The van der Waals surface area contributed by atoms with Gasteiger partial charge in [-0.05, 0) is 18.6 Å². The number of sulfonamides is 1. The zero-order valence-electron chi connectivity index (χ0n) is 14.5. The molecule has 7 nitrogen and oxygen atoms in total. The summed E-state index contributed by atoms with van der Waals surface area (Å²) in [6.45, 7) is 0.280. The summed E-state index contributed by atoms with van der Waals surface area (Å²) < 4.78 is 35.0. The van der Waals surface area contributed by atoms with Crippen molar-refractivity contribution < 1.29 is 22.7 Å². The maximum atomic E-state index is 12.5. The molecule has 0 atom stereocenters. The Morgan fingerprint density at radius 2 is 1.88 bits per heavy atom. The Kier molecular flexibility index (Phi) is 6.87. The second kappa shape index (κ2) is 8.72. The molecule has 0 saturated carbocycles. The fourth-order valence-electron chi connectivity index (χ4n) is 2.14. The quantitative estimate of drug-likeness (QED) is 0.687. The van der Waals surface area contributed by atoms with E-state index in [1.165, 1.54) is 25.6 Å². The van der Waals surface area contributed by atoms with Crippen molar-refractivity contribution in [2.45, 2.75) is 6.42 Å². The highest BCUT2D eigenvalue weighted by atomic mass is 35.5. The summed E-state index contributed by atoms with van der Waals surface area (Å²) in [7, 11) is -0.264. The van der Waals surface area contributed by atoms with E-state index >= 15 is 0 Å². The second-order valence-electron chi connectivity index (χ2n) is 5.32. The van der Waals surface area contributed by atoms with Gasteiger partial charge in [-0.15, -0.1) is 11.3 Å². The van der Waals surface area contributed by atoms with Crippen LogP contribution in [0.5, 0.6) is 11.5 Å². The molecular formula is C16H19ClN2O5S2. The van der Waals surface area contributed by atoms with Crippen molar-refractivity contribution in [3.05, 3.63) is 39.0 Å². The van der Waals surface area contributed by atoms with Crippen molar-refractivity contribution in [1.82, 2.24) is 4.72 Å². The molecule has 0 spiro atoms. The number of carbonyl (C=O) groups is 1. The van der Waals surface area contributed by atoms with Crippen LogP contribution in [0.25, 0.3) is 0 Å². The van der Waals surface area contributed by atoms with Gasteiger partial charge >= 0.3 is 0 Å². The average Bonchev–Trinajstić information content (AvgIpc) is 3.03. The molecule has 2 rings (SSSR count). The van der Waals surface area contributed by atoms with Crippen molar-refractivity contribution >= 4 is 44.6 Å².